The second-order valence-electron chi connectivity index (χ2n) is 1.34. The van der Waals surface area contributed by atoms with Crippen LogP contribution in [0.25, 0.3) is 0 Å². The molecular formula is C4H6N2O2. The molecule has 1 rings (SSSR count). The molecule has 8 heavy (non-hydrogen) atoms. The first-order valence-electron chi connectivity index (χ1n) is 2.12. The zero-order valence-electron chi connectivity index (χ0n) is 4.07. The lowest BCUT2D eigenvalue weighted by atomic mass is 10.6. The van der Waals surface area contributed by atoms with E-state index in [2.05, 4.69) is 4.98 Å². The highest BCUT2D eigenvalue weighted by Crippen LogP contribution is 2.02. The lowest BCUT2D eigenvalue weighted by molar-refractivity contribution is 0.0270. The summed E-state index contributed by atoms with van der Waals surface area (Å²) < 4.78 is 0. The Hall–Kier alpha value is -1.00. The minimum atomic E-state index is 0.0278. The summed E-state index contributed by atoms with van der Waals surface area (Å²) in [5.74, 6) is 0.255. The van der Waals surface area contributed by atoms with Crippen LogP contribution in [0.4, 0.5) is 5.82 Å². The van der Waals surface area contributed by atoms with Crippen molar-refractivity contribution < 1.29 is 10.4 Å². The average molecular weight is 114 g/mol. The molecular weight excluding hydrogens is 108 g/mol. The molecule has 0 saturated heterocycles. The predicted molar refractivity (Wildman–Crippen MR) is 26.8 cm³/mol. The molecule has 1 heterocycles. The number of aromatic nitrogens is 1. The van der Waals surface area contributed by atoms with Crippen LogP contribution in [0.5, 0.6) is 0 Å². The second-order valence-corrected chi connectivity index (χ2v) is 1.34. The predicted octanol–water partition coefficient (Wildman–Crippen LogP) is 0.599. The van der Waals surface area contributed by atoms with Gasteiger partial charge in [0.2, 0.25) is 0 Å². The van der Waals surface area contributed by atoms with Crippen molar-refractivity contribution in [1.29, 1.82) is 0 Å². The number of hydrogen-bond donors (Lipinski definition) is 3. The zero-order chi connectivity index (χ0) is 5.98. The quantitative estimate of drug-likeness (QED) is 0.468. The summed E-state index contributed by atoms with van der Waals surface area (Å²) in [5.41, 5.74) is 0. The maximum Gasteiger partial charge on any atom is 0.161 e. The monoisotopic (exact) mass is 114 g/mol. The van der Waals surface area contributed by atoms with E-state index in [1.54, 1.807) is 12.3 Å². The fraction of sp³-hybridized carbons (Fsp3) is 0. The van der Waals surface area contributed by atoms with Gasteiger partial charge < -0.3 is 4.98 Å². The Morgan fingerprint density at radius 2 is 2.25 bits per heavy atom. The van der Waals surface area contributed by atoms with Crippen LogP contribution in [-0.2, 0) is 0 Å². The first-order valence-corrected chi connectivity index (χ1v) is 2.12. The van der Waals surface area contributed by atoms with Gasteiger partial charge in [0.1, 0.15) is 0 Å². The van der Waals surface area contributed by atoms with Crippen molar-refractivity contribution in [3.05, 3.63) is 18.3 Å². The molecule has 1 aromatic heterocycles. The van der Waals surface area contributed by atoms with Crippen molar-refractivity contribution in [3.63, 3.8) is 0 Å². The van der Waals surface area contributed by atoms with Gasteiger partial charge in [-0.2, -0.15) is 0 Å². The molecule has 3 N–H and O–H groups in total. The summed E-state index contributed by atoms with van der Waals surface area (Å²) in [6, 6.07) is 3.19. The van der Waals surface area contributed by atoms with Gasteiger partial charge in [0, 0.05) is 6.20 Å². The number of rotatable bonds is 1. The molecule has 4 nitrogen and oxygen atoms in total. The minimum absolute atomic E-state index is 0.0278. The smallest absolute Gasteiger partial charge is 0.161 e. The average Bonchev–Trinajstić information content (AvgIpc) is 2.12. The standard InChI is InChI=1S/C4H6N2O2/c7-6(8)4-2-1-3-5-4/h1-3,5,7-8H. The van der Waals surface area contributed by atoms with E-state index < -0.39 is 0 Å². The largest absolute Gasteiger partial charge is 0.344 e. The van der Waals surface area contributed by atoms with Crippen LogP contribution in [-0.4, -0.2) is 15.4 Å². The van der Waals surface area contributed by atoms with Gasteiger partial charge in [-0.15, -0.1) is 5.23 Å². The van der Waals surface area contributed by atoms with E-state index in [0.29, 0.717) is 0 Å². The third-order valence-electron chi connectivity index (χ3n) is 0.797. The topological polar surface area (TPSA) is 59.5 Å². The van der Waals surface area contributed by atoms with Gasteiger partial charge in [-0.1, -0.05) is 0 Å². The van der Waals surface area contributed by atoms with Gasteiger partial charge in [-0.3, -0.25) is 10.4 Å². The second kappa shape index (κ2) is 1.85. The van der Waals surface area contributed by atoms with E-state index in [-0.39, 0.29) is 11.0 Å². The maximum absolute atomic E-state index is 8.27. The van der Waals surface area contributed by atoms with Crippen LogP contribution in [0.15, 0.2) is 18.3 Å². The normalized spacial score (nSPS) is 9.25. The molecule has 0 aliphatic carbocycles. The van der Waals surface area contributed by atoms with Gasteiger partial charge in [0.15, 0.2) is 5.82 Å². The van der Waals surface area contributed by atoms with Gasteiger partial charge in [0.05, 0.1) is 0 Å². The molecule has 0 atom stereocenters. The number of hydrogen-bond acceptors (Lipinski definition) is 3. The number of nitrogens with zero attached hydrogens (tertiary/aromatic N) is 1. The Kier molecular flexibility index (Phi) is 1.19. The molecule has 0 unspecified atom stereocenters. The molecule has 0 aliphatic rings. The molecule has 44 valence electrons. The lowest BCUT2D eigenvalue weighted by Gasteiger charge is -2.01. The van der Waals surface area contributed by atoms with Crippen molar-refractivity contribution in [2.24, 2.45) is 0 Å². The van der Waals surface area contributed by atoms with Crippen LogP contribution in [0.3, 0.4) is 0 Å². The lowest BCUT2D eigenvalue weighted by Crippen LogP contribution is -2.10. The molecule has 0 radical (unpaired) electrons. The Labute approximate surface area is 45.9 Å². The summed E-state index contributed by atoms with van der Waals surface area (Å²) in [5, 5.41) is 16.6. The van der Waals surface area contributed by atoms with E-state index >= 15 is 0 Å². The molecule has 1 aromatic rings. The number of H-pyrrole nitrogens is 1. The Morgan fingerprint density at radius 1 is 1.50 bits per heavy atom. The van der Waals surface area contributed by atoms with Crippen molar-refractivity contribution in [2.45, 2.75) is 0 Å². The molecule has 0 aromatic carbocycles. The van der Waals surface area contributed by atoms with E-state index in [1.165, 1.54) is 6.07 Å². The van der Waals surface area contributed by atoms with Crippen LogP contribution in [0.1, 0.15) is 0 Å². The molecule has 0 spiro atoms. The van der Waals surface area contributed by atoms with Gasteiger partial charge in [-0.25, -0.2) is 0 Å². The van der Waals surface area contributed by atoms with Crippen LogP contribution in [0, 0.1) is 0 Å². The van der Waals surface area contributed by atoms with Gasteiger partial charge in [0.25, 0.3) is 0 Å². The summed E-state index contributed by atoms with van der Waals surface area (Å²) in [7, 11) is 0. The van der Waals surface area contributed by atoms with E-state index in [4.69, 9.17) is 10.4 Å². The highest BCUT2D eigenvalue weighted by Gasteiger charge is 1.93. The molecule has 0 bridgehead atoms. The molecule has 0 saturated carbocycles. The molecule has 4 heteroatoms. The van der Waals surface area contributed by atoms with Crippen molar-refractivity contribution in [2.75, 3.05) is 5.23 Å². The summed E-state index contributed by atoms with van der Waals surface area (Å²) >= 11 is 0. The third-order valence-corrected chi connectivity index (χ3v) is 0.797. The molecule has 0 aliphatic heterocycles. The van der Waals surface area contributed by atoms with Gasteiger partial charge in [-0.05, 0) is 12.1 Å². The van der Waals surface area contributed by atoms with Crippen LogP contribution >= 0.6 is 0 Å². The van der Waals surface area contributed by atoms with Crippen molar-refractivity contribution in [1.82, 2.24) is 4.98 Å². The summed E-state index contributed by atoms with van der Waals surface area (Å²) in [6.45, 7) is 0. The van der Waals surface area contributed by atoms with Crippen LogP contribution in [0.2, 0.25) is 0 Å². The van der Waals surface area contributed by atoms with Gasteiger partial charge >= 0.3 is 0 Å². The first-order chi connectivity index (χ1) is 3.80. The minimum Gasteiger partial charge on any atom is -0.344 e. The fourth-order valence-electron chi connectivity index (χ4n) is 0.445. The number of anilines is 1. The fourth-order valence-corrected chi connectivity index (χ4v) is 0.445. The maximum atomic E-state index is 8.27. The van der Waals surface area contributed by atoms with Crippen molar-refractivity contribution in [3.8, 4) is 0 Å². The van der Waals surface area contributed by atoms with E-state index in [1.807, 2.05) is 0 Å². The summed E-state index contributed by atoms with van der Waals surface area (Å²) in [6.07, 6.45) is 1.59. The molecule has 0 amide bonds. The van der Waals surface area contributed by atoms with Crippen molar-refractivity contribution >= 4 is 5.82 Å². The third kappa shape index (κ3) is 0.800. The van der Waals surface area contributed by atoms with E-state index in [9.17, 15) is 0 Å². The highest BCUT2D eigenvalue weighted by molar-refractivity contribution is 5.30. The number of nitrogens with one attached hydrogen (secondary N) is 1. The SMILES string of the molecule is ON(O)c1ccc[nH]1. The Balaban J connectivity index is 2.77. The Morgan fingerprint density at radius 3 is 2.50 bits per heavy atom. The zero-order valence-corrected chi connectivity index (χ0v) is 4.07. The van der Waals surface area contributed by atoms with E-state index in [0.717, 1.165) is 0 Å². The number of aromatic amines is 1. The Bertz CT molecular complexity index is 147. The highest BCUT2D eigenvalue weighted by atomic mass is 16.8. The van der Waals surface area contributed by atoms with Crippen LogP contribution < -0.4 is 5.23 Å². The molecule has 0 fully saturated rings. The summed E-state index contributed by atoms with van der Waals surface area (Å²) in [4.78, 5) is 2.56. The first kappa shape index (κ1) is 5.14.